The van der Waals surface area contributed by atoms with Crippen LogP contribution in [0.2, 0.25) is 0 Å². The highest BCUT2D eigenvalue weighted by Gasteiger charge is 2.32. The highest BCUT2D eigenvalue weighted by atomic mass is 32.2. The Morgan fingerprint density at radius 1 is 1.02 bits per heavy atom. The Labute approximate surface area is 252 Å². The number of amides is 2. The molecule has 230 valence electrons. The Hall–Kier alpha value is -4.65. The number of hydrogen-bond acceptors (Lipinski definition) is 6. The van der Waals surface area contributed by atoms with E-state index in [0.717, 1.165) is 29.3 Å². The molecule has 0 spiro atoms. The van der Waals surface area contributed by atoms with E-state index < -0.39 is 26.8 Å². The van der Waals surface area contributed by atoms with E-state index in [4.69, 9.17) is 4.18 Å². The van der Waals surface area contributed by atoms with E-state index >= 15 is 0 Å². The number of carbonyl (C=O) groups excluding carboxylic acids is 2. The van der Waals surface area contributed by atoms with Crippen LogP contribution < -0.4 is 9.50 Å². The van der Waals surface area contributed by atoms with Crippen molar-refractivity contribution in [1.29, 1.82) is 0 Å². The van der Waals surface area contributed by atoms with Gasteiger partial charge >= 0.3 is 16.3 Å². The second-order valence-electron chi connectivity index (χ2n) is 10.5. The molecule has 1 aliphatic heterocycles. The summed E-state index contributed by atoms with van der Waals surface area (Å²) in [4.78, 5) is 25.8. The average Bonchev–Trinajstić information content (AvgIpc) is 3.61. The molecule has 1 N–H and O–H groups in total. The van der Waals surface area contributed by atoms with Crippen molar-refractivity contribution in [1.82, 2.24) is 20.0 Å². The Kier molecular flexibility index (Phi) is 8.51. The number of aromatic nitrogens is 2. The van der Waals surface area contributed by atoms with Gasteiger partial charge in [-0.2, -0.15) is 26.7 Å². The van der Waals surface area contributed by atoms with Gasteiger partial charge in [0.15, 0.2) is 5.75 Å². The van der Waals surface area contributed by atoms with Crippen LogP contribution in [0, 0.1) is 6.92 Å². The number of alkyl halides is 3. The van der Waals surface area contributed by atoms with Crippen molar-refractivity contribution < 1.29 is 35.4 Å². The molecular weight excluding hydrogens is 597 g/mol. The quantitative estimate of drug-likeness (QED) is 0.274. The summed E-state index contributed by atoms with van der Waals surface area (Å²) in [6, 6.07) is 18.6. The smallest absolute Gasteiger partial charge is 0.378 e. The maximum Gasteiger partial charge on any atom is 0.416 e. The summed E-state index contributed by atoms with van der Waals surface area (Å²) in [6.45, 7) is 4.08. The van der Waals surface area contributed by atoms with Crippen LogP contribution in [-0.4, -0.2) is 54.0 Å². The van der Waals surface area contributed by atoms with Crippen LogP contribution in [0.3, 0.4) is 0 Å². The molecule has 13 heteroatoms. The van der Waals surface area contributed by atoms with Crippen molar-refractivity contribution in [3.8, 4) is 28.3 Å². The third-order valence-corrected chi connectivity index (χ3v) is 8.43. The van der Waals surface area contributed by atoms with Crippen molar-refractivity contribution in [2.45, 2.75) is 43.9 Å². The number of carbonyl (C=O) groups is 2. The predicted octanol–water partition coefficient (Wildman–Crippen LogP) is 5.05. The minimum absolute atomic E-state index is 0.0592. The number of nitrogens with one attached hydrogen (secondary N) is 1. The number of rotatable bonds is 8. The second-order valence-corrected chi connectivity index (χ2v) is 12.1. The van der Waals surface area contributed by atoms with Gasteiger partial charge in [-0.1, -0.05) is 48.0 Å². The highest BCUT2D eigenvalue weighted by molar-refractivity contribution is 7.87. The maximum absolute atomic E-state index is 13.3. The van der Waals surface area contributed by atoms with Crippen LogP contribution in [0.5, 0.6) is 5.75 Å². The van der Waals surface area contributed by atoms with E-state index in [-0.39, 0.29) is 35.7 Å². The third kappa shape index (κ3) is 6.94. The highest BCUT2D eigenvalue weighted by Crippen LogP contribution is 2.36. The molecule has 0 aliphatic carbocycles. The largest absolute Gasteiger partial charge is 0.416 e. The zero-order valence-electron chi connectivity index (χ0n) is 23.8. The zero-order chi connectivity index (χ0) is 31.6. The first kappa shape index (κ1) is 30.8. The van der Waals surface area contributed by atoms with Crippen LogP contribution in [-0.2, 0) is 32.4 Å². The van der Waals surface area contributed by atoms with E-state index in [9.17, 15) is 31.2 Å². The number of aryl methyl sites for hydroxylation is 1. The Bertz CT molecular complexity index is 1810. The van der Waals surface area contributed by atoms with Crippen LogP contribution in [0.4, 0.5) is 13.2 Å². The van der Waals surface area contributed by atoms with Gasteiger partial charge in [0.2, 0.25) is 11.8 Å². The number of nitrogens with zero attached hydrogens (tertiary/aromatic N) is 3. The average molecular weight is 627 g/mol. The fourth-order valence-corrected chi connectivity index (χ4v) is 5.99. The third-order valence-electron chi connectivity index (χ3n) is 7.20. The van der Waals surface area contributed by atoms with E-state index in [0.29, 0.717) is 37.0 Å². The molecule has 2 heterocycles. The van der Waals surface area contributed by atoms with Crippen molar-refractivity contribution in [2.24, 2.45) is 0 Å². The molecule has 1 fully saturated rings. The first-order valence-electron chi connectivity index (χ1n) is 13.7. The zero-order valence-corrected chi connectivity index (χ0v) is 24.7. The molecule has 44 heavy (non-hydrogen) atoms. The molecule has 0 saturated carbocycles. The van der Waals surface area contributed by atoms with E-state index in [1.54, 1.807) is 30.0 Å². The molecule has 0 unspecified atom stereocenters. The van der Waals surface area contributed by atoms with Gasteiger partial charge < -0.3 is 14.4 Å². The summed E-state index contributed by atoms with van der Waals surface area (Å²) in [5, 5.41) is 7.58. The first-order valence-corrected chi connectivity index (χ1v) is 15.1. The van der Waals surface area contributed by atoms with Gasteiger partial charge in [0.1, 0.15) is 11.4 Å². The van der Waals surface area contributed by atoms with E-state index in [1.165, 1.54) is 17.7 Å². The molecule has 1 aromatic heterocycles. The lowest BCUT2D eigenvalue weighted by molar-refractivity contribution is -0.137. The number of halogens is 3. The molecule has 0 bridgehead atoms. The molecule has 5 rings (SSSR count). The maximum atomic E-state index is 13.3. The van der Waals surface area contributed by atoms with Gasteiger partial charge in [0.25, 0.3) is 0 Å². The number of hydrogen-bond donors (Lipinski definition) is 1. The van der Waals surface area contributed by atoms with Gasteiger partial charge in [-0.25, -0.2) is 0 Å². The minimum atomic E-state index is -4.74. The standard InChI is InChI=1S/C31H29F3N4O5S/c1-20-11-12-29(43-44(41,42)25-10-6-9-23(16-25)31(32,33)34)26(15-20)27-17-28(22-7-4-3-5-8-22)38(36-27)19-30(40)35-24-13-14-37(18-24)21(2)39/h3-12,15-17,24H,13-14,18-19H2,1-2H3,(H,35,40)/t24-/m1/s1. The van der Waals surface area contributed by atoms with Crippen LogP contribution in [0.15, 0.2) is 83.8 Å². The number of benzene rings is 3. The molecule has 3 aromatic carbocycles. The van der Waals surface area contributed by atoms with E-state index in [1.807, 2.05) is 30.3 Å². The molecule has 1 aliphatic rings. The summed E-state index contributed by atoms with van der Waals surface area (Å²) in [6.07, 6.45) is -4.11. The van der Waals surface area contributed by atoms with Gasteiger partial charge in [0, 0.05) is 31.6 Å². The van der Waals surface area contributed by atoms with Crippen LogP contribution >= 0.6 is 0 Å². The molecular formula is C31H29F3N4O5S. The Morgan fingerprint density at radius 2 is 1.77 bits per heavy atom. The van der Waals surface area contributed by atoms with Gasteiger partial charge in [-0.3, -0.25) is 14.3 Å². The lowest BCUT2D eigenvalue weighted by atomic mass is 10.1. The molecule has 4 aromatic rings. The van der Waals surface area contributed by atoms with Crippen molar-refractivity contribution in [3.05, 3.63) is 90.0 Å². The lowest BCUT2D eigenvalue weighted by Crippen LogP contribution is -2.39. The second kappa shape index (κ2) is 12.2. The SMILES string of the molecule is CC(=O)N1CC[C@@H](NC(=O)Cn2nc(-c3cc(C)ccc3OS(=O)(=O)c3cccc(C(F)(F)F)c3)cc2-c2ccccc2)C1. The van der Waals surface area contributed by atoms with Crippen molar-refractivity contribution in [2.75, 3.05) is 13.1 Å². The van der Waals surface area contributed by atoms with Crippen molar-refractivity contribution in [3.63, 3.8) is 0 Å². The Balaban J connectivity index is 1.48. The Morgan fingerprint density at radius 3 is 2.45 bits per heavy atom. The summed E-state index contributed by atoms with van der Waals surface area (Å²) >= 11 is 0. The van der Waals surface area contributed by atoms with Gasteiger partial charge in [-0.05, 0) is 55.3 Å². The fraction of sp³-hybridized carbons (Fsp3) is 0.258. The molecule has 2 amide bonds. The summed E-state index contributed by atoms with van der Waals surface area (Å²) in [7, 11) is -4.66. The first-order chi connectivity index (χ1) is 20.8. The van der Waals surface area contributed by atoms with Crippen LogP contribution in [0.1, 0.15) is 24.5 Å². The van der Waals surface area contributed by atoms with Gasteiger partial charge in [0.05, 0.1) is 17.0 Å². The molecule has 9 nitrogen and oxygen atoms in total. The molecule has 0 radical (unpaired) electrons. The summed E-state index contributed by atoms with van der Waals surface area (Å²) in [5.41, 5.74) is 1.49. The molecule has 1 atom stereocenters. The number of likely N-dealkylation sites (tertiary alicyclic amines) is 1. The minimum Gasteiger partial charge on any atom is -0.378 e. The fourth-order valence-electron chi connectivity index (χ4n) is 4.99. The predicted molar refractivity (Wildman–Crippen MR) is 156 cm³/mol. The monoisotopic (exact) mass is 626 g/mol. The lowest BCUT2D eigenvalue weighted by Gasteiger charge is -2.15. The summed E-state index contributed by atoms with van der Waals surface area (Å²) in [5.74, 6) is -0.520. The van der Waals surface area contributed by atoms with Crippen LogP contribution in [0.25, 0.3) is 22.5 Å². The topological polar surface area (TPSA) is 111 Å². The summed E-state index contributed by atoms with van der Waals surface area (Å²) < 4.78 is 72.9. The molecule has 1 saturated heterocycles. The normalized spacial score (nSPS) is 15.3. The van der Waals surface area contributed by atoms with Crippen molar-refractivity contribution >= 4 is 21.9 Å². The van der Waals surface area contributed by atoms with E-state index in [2.05, 4.69) is 10.4 Å². The van der Waals surface area contributed by atoms with Gasteiger partial charge in [-0.15, -0.1) is 0 Å².